The number of hydrogen-bond donors (Lipinski definition) is 0. The lowest BCUT2D eigenvalue weighted by molar-refractivity contribution is 0.381. The minimum Gasteiger partial charge on any atom is -0.308 e. The highest BCUT2D eigenvalue weighted by Gasteiger charge is 2.32. The summed E-state index contributed by atoms with van der Waals surface area (Å²) >= 11 is 0. The van der Waals surface area contributed by atoms with Gasteiger partial charge in [0, 0.05) is 27.1 Å². The van der Waals surface area contributed by atoms with Crippen LogP contribution in [0.5, 0.6) is 0 Å². The molecule has 12 rings (SSSR count). The predicted octanol–water partition coefficient (Wildman–Crippen LogP) is 16.8. The summed E-state index contributed by atoms with van der Waals surface area (Å²) in [4.78, 5) is 0. The van der Waals surface area contributed by atoms with Gasteiger partial charge in [-0.2, -0.15) is 5.26 Å². The van der Waals surface area contributed by atoms with Crippen molar-refractivity contribution in [2.45, 2.75) is 0 Å². The topological polar surface area (TPSA) is 33.6 Å². The molecular formula is C61H34F5N3. The lowest BCUT2D eigenvalue weighted by Gasteiger charge is -2.21. The third-order valence-electron chi connectivity index (χ3n) is 13.2. The molecular weight excluding hydrogens is 870 g/mol. The quantitative estimate of drug-likeness (QED) is 0.0891. The van der Waals surface area contributed by atoms with Crippen molar-refractivity contribution >= 4 is 43.6 Å². The van der Waals surface area contributed by atoms with Crippen molar-refractivity contribution in [3.8, 4) is 73.1 Å². The Bertz CT molecular complexity index is 3840. The Morgan fingerprint density at radius 2 is 0.638 bits per heavy atom. The van der Waals surface area contributed by atoms with Gasteiger partial charge in [-0.1, -0.05) is 170 Å². The highest BCUT2D eigenvalue weighted by Crippen LogP contribution is 2.46. The van der Waals surface area contributed by atoms with Crippen LogP contribution in [0.25, 0.3) is 111 Å². The van der Waals surface area contributed by atoms with Gasteiger partial charge in [-0.25, -0.2) is 22.0 Å². The van der Waals surface area contributed by atoms with Crippen molar-refractivity contribution in [1.82, 2.24) is 9.13 Å². The number of halogens is 5. The summed E-state index contributed by atoms with van der Waals surface area (Å²) in [6, 6.07) is 68.4. The lowest BCUT2D eigenvalue weighted by Crippen LogP contribution is -2.10. The number of nitrogens with zero attached hydrogens (tertiary/aromatic N) is 3. The summed E-state index contributed by atoms with van der Waals surface area (Å²) < 4.78 is 82.7. The van der Waals surface area contributed by atoms with E-state index >= 15 is 17.6 Å². The zero-order chi connectivity index (χ0) is 46.9. The smallest absolute Gasteiger partial charge is 0.200 e. The van der Waals surface area contributed by atoms with E-state index in [1.807, 2.05) is 199 Å². The standard InChI is InChI=1S/C61H34F5N3/c62-56-55(57(63)59(65)60(66)58(56)64)48-29-30-50(68-51-31-40(36-13-5-1-6-14-36)21-25-44(51)45-26-22-41(32-52(45)68)37-15-7-2-8-16-37)49(35-67)61(48)69-53-33-42(38-17-9-3-10-18-38)23-27-46(53)47-28-24-43(34-54(47)69)39-19-11-4-12-20-39/h1-34H. The molecule has 0 amide bonds. The number of nitriles is 1. The minimum atomic E-state index is -2.28. The molecule has 12 aromatic rings. The molecule has 3 nitrogen and oxygen atoms in total. The summed E-state index contributed by atoms with van der Waals surface area (Å²) in [6.07, 6.45) is 0. The summed E-state index contributed by atoms with van der Waals surface area (Å²) in [6.45, 7) is 0. The van der Waals surface area contributed by atoms with Gasteiger partial charge in [-0.05, 0) is 80.9 Å². The maximum absolute atomic E-state index is 16.5. The molecule has 0 unspecified atom stereocenters. The predicted molar refractivity (Wildman–Crippen MR) is 267 cm³/mol. The molecule has 0 aliphatic rings. The first-order chi connectivity index (χ1) is 33.8. The third kappa shape index (κ3) is 6.62. The van der Waals surface area contributed by atoms with Crippen LogP contribution in [-0.4, -0.2) is 9.13 Å². The molecule has 0 aliphatic heterocycles. The fourth-order valence-electron chi connectivity index (χ4n) is 9.93. The molecule has 0 saturated heterocycles. The summed E-state index contributed by atoms with van der Waals surface area (Å²) in [5.41, 5.74) is 8.25. The summed E-state index contributed by atoms with van der Waals surface area (Å²) in [7, 11) is 0. The summed E-state index contributed by atoms with van der Waals surface area (Å²) in [5.74, 6) is -10.5. The first kappa shape index (κ1) is 41.4. The van der Waals surface area contributed by atoms with Crippen molar-refractivity contribution in [3.63, 3.8) is 0 Å². The second kappa shape index (κ2) is 16.4. The van der Waals surface area contributed by atoms with Crippen LogP contribution in [0.1, 0.15) is 5.56 Å². The van der Waals surface area contributed by atoms with Crippen LogP contribution >= 0.6 is 0 Å². The van der Waals surface area contributed by atoms with Crippen LogP contribution in [0.3, 0.4) is 0 Å². The van der Waals surface area contributed by atoms with Gasteiger partial charge in [0.25, 0.3) is 0 Å². The van der Waals surface area contributed by atoms with Gasteiger partial charge in [-0.15, -0.1) is 0 Å². The molecule has 8 heteroatoms. The van der Waals surface area contributed by atoms with Crippen LogP contribution in [-0.2, 0) is 0 Å². The van der Waals surface area contributed by atoms with Gasteiger partial charge in [0.05, 0.1) is 39.0 Å². The molecule has 0 saturated carbocycles. The van der Waals surface area contributed by atoms with Crippen LogP contribution in [0.15, 0.2) is 206 Å². The molecule has 0 fully saturated rings. The summed E-state index contributed by atoms with van der Waals surface area (Å²) in [5, 5.41) is 15.0. The second-order valence-electron chi connectivity index (χ2n) is 17.0. The van der Waals surface area contributed by atoms with Crippen LogP contribution < -0.4 is 0 Å². The fraction of sp³-hybridized carbons (Fsp3) is 0. The molecule has 10 aromatic carbocycles. The molecule has 0 bridgehead atoms. The van der Waals surface area contributed by atoms with Crippen LogP contribution in [0.2, 0.25) is 0 Å². The molecule has 0 radical (unpaired) electrons. The monoisotopic (exact) mass is 903 g/mol. The molecule has 0 spiro atoms. The Labute approximate surface area is 392 Å². The molecule has 0 N–H and O–H groups in total. The molecule has 0 aliphatic carbocycles. The van der Waals surface area contributed by atoms with Gasteiger partial charge in [0.15, 0.2) is 23.3 Å². The van der Waals surface area contributed by atoms with E-state index in [1.165, 1.54) is 12.1 Å². The fourth-order valence-corrected chi connectivity index (χ4v) is 9.93. The lowest BCUT2D eigenvalue weighted by atomic mass is 9.96. The number of rotatable bonds is 7. The number of aromatic nitrogens is 2. The van der Waals surface area contributed by atoms with E-state index in [9.17, 15) is 9.65 Å². The minimum absolute atomic E-state index is 0.0675. The SMILES string of the molecule is N#Cc1c(-n2c3cc(-c4ccccc4)ccc3c3ccc(-c4ccccc4)cc32)ccc(-c2c(F)c(F)c(F)c(F)c2F)c1-n1c2cc(-c3ccccc3)ccc2c2ccc(-c3ccccc3)cc21. The van der Waals surface area contributed by atoms with E-state index in [0.717, 1.165) is 77.1 Å². The van der Waals surface area contributed by atoms with E-state index < -0.39 is 34.6 Å². The Hall–Kier alpha value is -9.06. The van der Waals surface area contributed by atoms with Crippen molar-refractivity contribution in [3.05, 3.63) is 241 Å². The Balaban J connectivity index is 1.27. The van der Waals surface area contributed by atoms with Crippen molar-refractivity contribution < 1.29 is 22.0 Å². The van der Waals surface area contributed by atoms with E-state index in [-0.39, 0.29) is 16.8 Å². The van der Waals surface area contributed by atoms with Crippen LogP contribution in [0, 0.1) is 40.4 Å². The highest BCUT2D eigenvalue weighted by molar-refractivity contribution is 6.14. The third-order valence-corrected chi connectivity index (χ3v) is 13.2. The van der Waals surface area contributed by atoms with Gasteiger partial charge < -0.3 is 9.13 Å². The van der Waals surface area contributed by atoms with E-state index in [1.54, 1.807) is 4.57 Å². The first-order valence-corrected chi connectivity index (χ1v) is 22.3. The van der Waals surface area contributed by atoms with Crippen molar-refractivity contribution in [2.24, 2.45) is 0 Å². The van der Waals surface area contributed by atoms with Gasteiger partial charge in [0.1, 0.15) is 11.6 Å². The average molecular weight is 904 g/mol. The molecule has 328 valence electrons. The second-order valence-corrected chi connectivity index (χ2v) is 17.0. The normalized spacial score (nSPS) is 11.5. The Kier molecular flexibility index (Phi) is 9.82. The zero-order valence-corrected chi connectivity index (χ0v) is 36.4. The average Bonchev–Trinajstić information content (AvgIpc) is 3.91. The maximum Gasteiger partial charge on any atom is 0.200 e. The highest BCUT2D eigenvalue weighted by atomic mass is 19.2. The van der Waals surface area contributed by atoms with Crippen molar-refractivity contribution in [1.29, 1.82) is 5.26 Å². The van der Waals surface area contributed by atoms with E-state index in [4.69, 9.17) is 0 Å². The van der Waals surface area contributed by atoms with Gasteiger partial charge >= 0.3 is 0 Å². The van der Waals surface area contributed by atoms with Gasteiger partial charge in [0.2, 0.25) is 5.82 Å². The largest absolute Gasteiger partial charge is 0.308 e. The molecule has 2 heterocycles. The molecule has 69 heavy (non-hydrogen) atoms. The maximum atomic E-state index is 16.5. The van der Waals surface area contributed by atoms with E-state index in [2.05, 4.69) is 6.07 Å². The Morgan fingerprint density at radius 1 is 0.319 bits per heavy atom. The van der Waals surface area contributed by atoms with E-state index in [0.29, 0.717) is 16.7 Å². The zero-order valence-electron chi connectivity index (χ0n) is 36.4. The number of fused-ring (bicyclic) bond motifs is 6. The number of benzene rings is 10. The van der Waals surface area contributed by atoms with Gasteiger partial charge in [-0.3, -0.25) is 0 Å². The van der Waals surface area contributed by atoms with Crippen LogP contribution in [0.4, 0.5) is 22.0 Å². The molecule has 2 aromatic heterocycles. The van der Waals surface area contributed by atoms with Crippen molar-refractivity contribution in [2.75, 3.05) is 0 Å². The Morgan fingerprint density at radius 3 is 0.971 bits per heavy atom. The first-order valence-electron chi connectivity index (χ1n) is 22.3. The number of hydrogen-bond acceptors (Lipinski definition) is 1. The molecule has 0 atom stereocenters.